The molecule has 2 nitrogen and oxygen atoms in total. The largest absolute Gasteiger partial charge is 0.480 e. The van der Waals surface area contributed by atoms with Crippen LogP contribution < -0.4 is 0 Å². The maximum atomic E-state index is 11.2. The minimum Gasteiger partial charge on any atom is -0.480 e. The maximum absolute atomic E-state index is 11.2. The maximum Gasteiger partial charge on any atom is 0.324 e. The van der Waals surface area contributed by atoms with Crippen molar-refractivity contribution >= 4 is 18.6 Å². The van der Waals surface area contributed by atoms with Crippen LogP contribution in [0.15, 0.2) is 30.3 Å². The van der Waals surface area contributed by atoms with E-state index in [0.29, 0.717) is 0 Å². The lowest BCUT2D eigenvalue weighted by atomic mass is 9.87. The second-order valence-corrected chi connectivity index (χ2v) is 4.30. The van der Waals surface area contributed by atoms with Gasteiger partial charge in [-0.2, -0.15) is 12.6 Å². The molecule has 0 saturated carbocycles. The molecule has 1 rings (SSSR count). The molecular formula is C11H14O2S. The van der Waals surface area contributed by atoms with Crippen LogP contribution in [-0.2, 0) is 9.54 Å². The summed E-state index contributed by atoms with van der Waals surface area (Å²) in [7, 11) is 0. The second kappa shape index (κ2) is 4.05. The Morgan fingerprint density at radius 2 is 1.86 bits per heavy atom. The SMILES string of the molecule is CC(C)C(S)(C(=O)O)c1ccccc1. The first-order valence-electron chi connectivity index (χ1n) is 4.51. The van der Waals surface area contributed by atoms with E-state index in [9.17, 15) is 9.90 Å². The standard InChI is InChI=1S/C11H14O2S/c1-8(2)11(14,10(12)13)9-6-4-3-5-7-9/h3-8,14H,1-2H3,(H,12,13). The van der Waals surface area contributed by atoms with E-state index in [1.54, 1.807) is 12.1 Å². The number of aliphatic carboxylic acids is 1. The van der Waals surface area contributed by atoms with Crippen LogP contribution in [0, 0.1) is 5.92 Å². The third-order valence-electron chi connectivity index (χ3n) is 2.38. The summed E-state index contributed by atoms with van der Waals surface area (Å²) in [4.78, 5) is 11.2. The van der Waals surface area contributed by atoms with Crippen LogP contribution in [0.1, 0.15) is 19.4 Å². The smallest absolute Gasteiger partial charge is 0.324 e. The predicted molar refractivity (Wildman–Crippen MR) is 59.6 cm³/mol. The van der Waals surface area contributed by atoms with Gasteiger partial charge in [-0.15, -0.1) is 0 Å². The number of rotatable bonds is 3. The van der Waals surface area contributed by atoms with Gasteiger partial charge in [0.1, 0.15) is 4.75 Å². The molecule has 0 heterocycles. The highest BCUT2D eigenvalue weighted by Crippen LogP contribution is 2.36. The van der Waals surface area contributed by atoms with Crippen molar-refractivity contribution in [3.8, 4) is 0 Å². The molecule has 1 N–H and O–H groups in total. The highest BCUT2D eigenvalue weighted by atomic mass is 32.1. The lowest BCUT2D eigenvalue weighted by molar-refractivity contribution is -0.141. The third kappa shape index (κ3) is 1.77. The van der Waals surface area contributed by atoms with Crippen LogP contribution in [0.2, 0.25) is 0 Å². The molecule has 0 aromatic heterocycles. The van der Waals surface area contributed by atoms with E-state index in [1.165, 1.54) is 0 Å². The van der Waals surface area contributed by atoms with Crippen LogP contribution in [0.25, 0.3) is 0 Å². The van der Waals surface area contributed by atoms with Crippen LogP contribution in [0.3, 0.4) is 0 Å². The van der Waals surface area contributed by atoms with Crippen molar-refractivity contribution in [2.75, 3.05) is 0 Å². The van der Waals surface area contributed by atoms with Crippen molar-refractivity contribution in [2.45, 2.75) is 18.6 Å². The second-order valence-electron chi connectivity index (χ2n) is 3.59. The molecule has 1 unspecified atom stereocenters. The van der Waals surface area contributed by atoms with Gasteiger partial charge in [-0.1, -0.05) is 44.2 Å². The number of carbonyl (C=O) groups is 1. The molecule has 1 aromatic carbocycles. The van der Waals surface area contributed by atoms with Crippen molar-refractivity contribution in [2.24, 2.45) is 5.92 Å². The lowest BCUT2D eigenvalue weighted by Gasteiger charge is -2.28. The number of carboxylic acids is 1. The molecule has 0 bridgehead atoms. The number of benzene rings is 1. The van der Waals surface area contributed by atoms with E-state index in [1.807, 2.05) is 32.0 Å². The minimum absolute atomic E-state index is 0.0641. The summed E-state index contributed by atoms with van der Waals surface area (Å²) in [6.45, 7) is 3.71. The van der Waals surface area contributed by atoms with Gasteiger partial charge < -0.3 is 5.11 Å². The van der Waals surface area contributed by atoms with Gasteiger partial charge in [0.2, 0.25) is 0 Å². The summed E-state index contributed by atoms with van der Waals surface area (Å²) >= 11 is 4.30. The topological polar surface area (TPSA) is 37.3 Å². The fourth-order valence-corrected chi connectivity index (χ4v) is 1.55. The molecule has 0 fully saturated rings. The van der Waals surface area contributed by atoms with Crippen molar-refractivity contribution in [3.05, 3.63) is 35.9 Å². The van der Waals surface area contributed by atoms with Crippen LogP contribution >= 0.6 is 12.6 Å². The van der Waals surface area contributed by atoms with Gasteiger partial charge >= 0.3 is 5.97 Å². The Morgan fingerprint density at radius 3 is 2.21 bits per heavy atom. The molecule has 3 heteroatoms. The Hall–Kier alpha value is -0.960. The Labute approximate surface area is 89.4 Å². The zero-order valence-corrected chi connectivity index (χ0v) is 9.16. The highest BCUT2D eigenvalue weighted by Gasteiger charge is 2.39. The summed E-state index contributed by atoms with van der Waals surface area (Å²) in [5, 5.41) is 9.18. The molecule has 76 valence electrons. The number of carboxylic acid groups (broad SMARTS) is 1. The minimum atomic E-state index is -1.10. The number of hydrogen-bond donors (Lipinski definition) is 2. The van der Waals surface area contributed by atoms with E-state index >= 15 is 0 Å². The predicted octanol–water partition coefficient (Wildman–Crippen LogP) is 2.55. The van der Waals surface area contributed by atoms with E-state index in [4.69, 9.17) is 0 Å². The first-order valence-corrected chi connectivity index (χ1v) is 4.95. The van der Waals surface area contributed by atoms with Crippen LogP contribution in [0.4, 0.5) is 0 Å². The summed E-state index contributed by atoms with van der Waals surface area (Å²) in [6.07, 6.45) is 0. The first kappa shape index (κ1) is 11.1. The molecule has 0 aliphatic heterocycles. The van der Waals surface area contributed by atoms with Crippen LogP contribution in [0.5, 0.6) is 0 Å². The van der Waals surface area contributed by atoms with Gasteiger partial charge in [0.05, 0.1) is 0 Å². The molecule has 0 amide bonds. The normalized spacial score (nSPS) is 15.1. The Bertz CT molecular complexity index is 321. The van der Waals surface area contributed by atoms with Gasteiger partial charge in [-0.3, -0.25) is 4.79 Å². The molecule has 1 aromatic rings. The highest BCUT2D eigenvalue weighted by molar-refractivity contribution is 7.82. The molecule has 0 saturated heterocycles. The summed E-state index contributed by atoms with van der Waals surface area (Å²) in [5.41, 5.74) is 0.728. The van der Waals surface area contributed by atoms with Crippen molar-refractivity contribution < 1.29 is 9.90 Å². The quantitative estimate of drug-likeness (QED) is 0.752. The Balaban J connectivity index is 3.20. The van der Waals surface area contributed by atoms with E-state index in [-0.39, 0.29) is 5.92 Å². The molecular weight excluding hydrogens is 196 g/mol. The average Bonchev–Trinajstić information content (AvgIpc) is 2.17. The first-order chi connectivity index (χ1) is 6.49. The van der Waals surface area contributed by atoms with E-state index in [2.05, 4.69) is 12.6 Å². The van der Waals surface area contributed by atoms with Gasteiger partial charge in [0.25, 0.3) is 0 Å². The van der Waals surface area contributed by atoms with Gasteiger partial charge in [0.15, 0.2) is 0 Å². The van der Waals surface area contributed by atoms with E-state index in [0.717, 1.165) is 5.56 Å². The molecule has 1 atom stereocenters. The zero-order chi connectivity index (χ0) is 10.8. The van der Waals surface area contributed by atoms with Gasteiger partial charge in [-0.05, 0) is 11.5 Å². The average molecular weight is 210 g/mol. The third-order valence-corrected chi connectivity index (χ3v) is 3.34. The van der Waals surface area contributed by atoms with Crippen LogP contribution in [-0.4, -0.2) is 11.1 Å². The van der Waals surface area contributed by atoms with Crippen molar-refractivity contribution in [3.63, 3.8) is 0 Å². The zero-order valence-electron chi connectivity index (χ0n) is 8.27. The number of hydrogen-bond acceptors (Lipinski definition) is 2. The van der Waals surface area contributed by atoms with Gasteiger partial charge in [-0.25, -0.2) is 0 Å². The Kier molecular flexibility index (Phi) is 3.21. The van der Waals surface area contributed by atoms with E-state index < -0.39 is 10.7 Å². The summed E-state index contributed by atoms with van der Waals surface area (Å²) in [6, 6.07) is 9.10. The summed E-state index contributed by atoms with van der Waals surface area (Å²) < 4.78 is -1.10. The Morgan fingerprint density at radius 1 is 1.36 bits per heavy atom. The molecule has 0 aliphatic rings. The molecule has 14 heavy (non-hydrogen) atoms. The fraction of sp³-hybridized carbons (Fsp3) is 0.364. The summed E-state index contributed by atoms with van der Waals surface area (Å²) in [5.74, 6) is -0.965. The fourth-order valence-electron chi connectivity index (χ4n) is 1.40. The monoisotopic (exact) mass is 210 g/mol. The molecule has 0 radical (unpaired) electrons. The van der Waals surface area contributed by atoms with Gasteiger partial charge in [0, 0.05) is 0 Å². The number of thiol groups is 1. The van der Waals surface area contributed by atoms with Crippen molar-refractivity contribution in [1.82, 2.24) is 0 Å². The molecule has 0 aliphatic carbocycles. The molecule has 0 spiro atoms. The van der Waals surface area contributed by atoms with Crippen molar-refractivity contribution in [1.29, 1.82) is 0 Å². The lowest BCUT2D eigenvalue weighted by Crippen LogP contribution is -2.35.